The van der Waals surface area contributed by atoms with Gasteiger partial charge in [-0.3, -0.25) is 4.79 Å². The van der Waals surface area contributed by atoms with Crippen molar-refractivity contribution in [3.05, 3.63) is 125 Å². The van der Waals surface area contributed by atoms with Crippen LogP contribution in [0.15, 0.2) is 103 Å². The molecule has 1 fully saturated rings. The summed E-state index contributed by atoms with van der Waals surface area (Å²) in [6.07, 6.45) is -3.60. The second-order valence-electron chi connectivity index (χ2n) is 9.40. The second-order valence-corrected chi connectivity index (χ2v) is 9.40. The Hall–Kier alpha value is -4.26. The fourth-order valence-electron chi connectivity index (χ4n) is 4.38. The van der Waals surface area contributed by atoms with Gasteiger partial charge in [0.25, 0.3) is 0 Å². The molecule has 2 N–H and O–H groups in total. The zero-order valence-corrected chi connectivity index (χ0v) is 20.5. The van der Waals surface area contributed by atoms with Gasteiger partial charge in [-0.1, -0.05) is 54.6 Å². The Morgan fingerprint density at radius 1 is 0.789 bits per heavy atom. The standard InChI is InChI=1S/C31H27F3N2O2/c32-31(33,34)24-13-9-21(10-14-24)19-36-30(37)29-18-28(29)23-11-15-25(16-12-23)35-20-22-5-4-8-27(17-22)38-26-6-2-1-3-7-26/h1-17,28-29,35H,18-20H2,(H,36,37)/t28-,29+/m1/s1. The fraction of sp³-hybridized carbons (Fsp3) is 0.194. The Morgan fingerprint density at radius 2 is 1.50 bits per heavy atom. The van der Waals surface area contributed by atoms with Crippen molar-refractivity contribution < 1.29 is 22.7 Å². The molecule has 1 aliphatic rings. The number of nitrogens with one attached hydrogen (secondary N) is 2. The van der Waals surface area contributed by atoms with E-state index in [2.05, 4.69) is 10.6 Å². The molecule has 0 unspecified atom stereocenters. The minimum atomic E-state index is -4.36. The van der Waals surface area contributed by atoms with Crippen molar-refractivity contribution in [2.75, 3.05) is 5.32 Å². The van der Waals surface area contributed by atoms with Gasteiger partial charge >= 0.3 is 6.18 Å². The predicted octanol–water partition coefficient (Wildman–Crippen LogP) is 7.53. The maximum absolute atomic E-state index is 12.7. The highest BCUT2D eigenvalue weighted by atomic mass is 19.4. The van der Waals surface area contributed by atoms with E-state index in [1.807, 2.05) is 78.9 Å². The van der Waals surface area contributed by atoms with Crippen LogP contribution in [0.2, 0.25) is 0 Å². The monoisotopic (exact) mass is 516 g/mol. The van der Waals surface area contributed by atoms with E-state index in [-0.39, 0.29) is 24.3 Å². The molecular weight excluding hydrogens is 489 g/mol. The molecule has 0 spiro atoms. The average molecular weight is 517 g/mol. The maximum Gasteiger partial charge on any atom is 0.416 e. The van der Waals surface area contributed by atoms with E-state index < -0.39 is 11.7 Å². The van der Waals surface area contributed by atoms with Crippen LogP contribution in [0.4, 0.5) is 18.9 Å². The van der Waals surface area contributed by atoms with Crippen molar-refractivity contribution in [3.8, 4) is 11.5 Å². The average Bonchev–Trinajstić information content (AvgIpc) is 3.73. The largest absolute Gasteiger partial charge is 0.457 e. The van der Waals surface area contributed by atoms with E-state index in [4.69, 9.17) is 4.74 Å². The number of hydrogen-bond acceptors (Lipinski definition) is 3. The summed E-state index contributed by atoms with van der Waals surface area (Å²) >= 11 is 0. The van der Waals surface area contributed by atoms with Crippen LogP contribution >= 0.6 is 0 Å². The zero-order valence-electron chi connectivity index (χ0n) is 20.5. The molecule has 4 aromatic carbocycles. The summed E-state index contributed by atoms with van der Waals surface area (Å²) in [5, 5.41) is 6.26. The van der Waals surface area contributed by atoms with Crippen molar-refractivity contribution in [1.29, 1.82) is 0 Å². The number of carbonyl (C=O) groups excluding carboxylic acids is 1. The van der Waals surface area contributed by atoms with Crippen LogP contribution < -0.4 is 15.4 Å². The maximum atomic E-state index is 12.7. The van der Waals surface area contributed by atoms with E-state index >= 15 is 0 Å². The molecule has 5 rings (SSSR count). The number of para-hydroxylation sites is 1. The van der Waals surface area contributed by atoms with Gasteiger partial charge in [0.2, 0.25) is 5.91 Å². The molecule has 4 nitrogen and oxygen atoms in total. The first-order valence-corrected chi connectivity index (χ1v) is 12.4. The molecule has 0 bridgehead atoms. The molecule has 7 heteroatoms. The van der Waals surface area contributed by atoms with Gasteiger partial charge in [-0.25, -0.2) is 0 Å². The lowest BCUT2D eigenvalue weighted by Gasteiger charge is -2.10. The molecule has 1 saturated carbocycles. The van der Waals surface area contributed by atoms with Gasteiger partial charge in [0.05, 0.1) is 5.56 Å². The van der Waals surface area contributed by atoms with Gasteiger partial charge in [-0.2, -0.15) is 13.2 Å². The summed E-state index contributed by atoms with van der Waals surface area (Å²) in [6, 6.07) is 30.5. The van der Waals surface area contributed by atoms with Crippen LogP contribution in [0.5, 0.6) is 11.5 Å². The number of carbonyl (C=O) groups is 1. The Bertz CT molecular complexity index is 1370. The van der Waals surface area contributed by atoms with Crippen molar-refractivity contribution in [2.45, 2.75) is 31.6 Å². The number of amides is 1. The quantitative estimate of drug-likeness (QED) is 0.242. The van der Waals surface area contributed by atoms with E-state index in [9.17, 15) is 18.0 Å². The Balaban J connectivity index is 1.09. The summed E-state index contributed by atoms with van der Waals surface area (Å²) in [5.74, 6) is 1.54. The van der Waals surface area contributed by atoms with Crippen LogP contribution in [0.1, 0.15) is 34.6 Å². The van der Waals surface area contributed by atoms with Gasteiger partial charge in [-0.05, 0) is 77.6 Å². The molecule has 0 radical (unpaired) electrons. The first-order chi connectivity index (χ1) is 18.3. The van der Waals surface area contributed by atoms with Crippen LogP contribution in [0, 0.1) is 5.92 Å². The first kappa shape index (κ1) is 25.4. The Morgan fingerprint density at radius 3 is 2.21 bits per heavy atom. The molecule has 0 aromatic heterocycles. The van der Waals surface area contributed by atoms with Crippen molar-refractivity contribution in [3.63, 3.8) is 0 Å². The lowest BCUT2D eigenvalue weighted by Crippen LogP contribution is -2.24. The summed E-state index contributed by atoms with van der Waals surface area (Å²) in [5.41, 5.74) is 3.11. The van der Waals surface area contributed by atoms with Gasteiger partial charge in [0.1, 0.15) is 11.5 Å². The third-order valence-electron chi connectivity index (χ3n) is 6.59. The van der Waals surface area contributed by atoms with Crippen molar-refractivity contribution in [2.24, 2.45) is 5.92 Å². The summed E-state index contributed by atoms with van der Waals surface area (Å²) in [7, 11) is 0. The van der Waals surface area contributed by atoms with E-state index in [0.717, 1.165) is 46.9 Å². The van der Waals surface area contributed by atoms with Gasteiger partial charge < -0.3 is 15.4 Å². The number of ether oxygens (including phenoxy) is 1. The van der Waals surface area contributed by atoms with Gasteiger partial charge in [0.15, 0.2) is 0 Å². The number of benzene rings is 4. The first-order valence-electron chi connectivity index (χ1n) is 12.4. The third kappa shape index (κ3) is 6.54. The Kier molecular flexibility index (Phi) is 7.36. The number of rotatable bonds is 9. The number of alkyl halides is 3. The highest BCUT2D eigenvalue weighted by molar-refractivity contribution is 5.82. The van der Waals surface area contributed by atoms with Crippen LogP contribution in [0.25, 0.3) is 0 Å². The summed E-state index contributed by atoms with van der Waals surface area (Å²) < 4.78 is 44.0. The van der Waals surface area contributed by atoms with Crippen molar-refractivity contribution >= 4 is 11.6 Å². The highest BCUT2D eigenvalue weighted by Gasteiger charge is 2.43. The number of hydrogen-bond donors (Lipinski definition) is 2. The molecular formula is C31H27F3N2O2. The molecule has 0 heterocycles. The normalized spacial score (nSPS) is 16.5. The van der Waals surface area contributed by atoms with E-state index in [0.29, 0.717) is 12.1 Å². The van der Waals surface area contributed by atoms with Crippen LogP contribution in [0.3, 0.4) is 0 Å². The summed E-state index contributed by atoms with van der Waals surface area (Å²) in [4.78, 5) is 12.5. The molecule has 38 heavy (non-hydrogen) atoms. The minimum absolute atomic E-state index is 0.0743. The van der Waals surface area contributed by atoms with Crippen LogP contribution in [-0.2, 0) is 24.1 Å². The van der Waals surface area contributed by atoms with Gasteiger partial charge in [-0.15, -0.1) is 0 Å². The van der Waals surface area contributed by atoms with Crippen molar-refractivity contribution in [1.82, 2.24) is 5.32 Å². The molecule has 2 atom stereocenters. The lowest BCUT2D eigenvalue weighted by atomic mass is 10.1. The third-order valence-corrected chi connectivity index (χ3v) is 6.59. The highest BCUT2D eigenvalue weighted by Crippen LogP contribution is 2.47. The number of halogens is 3. The second kappa shape index (κ2) is 11.0. The topological polar surface area (TPSA) is 50.4 Å². The molecule has 4 aromatic rings. The molecule has 1 aliphatic carbocycles. The predicted molar refractivity (Wildman–Crippen MR) is 141 cm³/mol. The van der Waals surface area contributed by atoms with E-state index in [1.54, 1.807) is 0 Å². The van der Waals surface area contributed by atoms with Crippen LogP contribution in [-0.4, -0.2) is 5.91 Å². The molecule has 1 amide bonds. The van der Waals surface area contributed by atoms with Gasteiger partial charge in [0, 0.05) is 24.7 Å². The smallest absolute Gasteiger partial charge is 0.416 e. The van der Waals surface area contributed by atoms with E-state index in [1.165, 1.54) is 12.1 Å². The molecule has 194 valence electrons. The fourth-order valence-corrected chi connectivity index (χ4v) is 4.38. The minimum Gasteiger partial charge on any atom is -0.457 e. The lowest BCUT2D eigenvalue weighted by molar-refractivity contribution is -0.137. The zero-order chi connectivity index (χ0) is 26.5. The molecule has 0 aliphatic heterocycles. The summed E-state index contributed by atoms with van der Waals surface area (Å²) in [6.45, 7) is 0.852. The molecule has 0 saturated heterocycles. The Labute approximate surface area is 219 Å². The SMILES string of the molecule is O=C(NCc1ccc(C(F)(F)F)cc1)[C@H]1C[C@@H]1c1ccc(NCc2cccc(Oc3ccccc3)c2)cc1. The number of anilines is 1.